The second-order valence-electron chi connectivity index (χ2n) is 8.25. The smallest absolute Gasteiger partial charge is 0.261 e. The number of rotatable bonds is 7. The lowest BCUT2D eigenvalue weighted by Gasteiger charge is -2.33. The van der Waals surface area contributed by atoms with Gasteiger partial charge in [0.1, 0.15) is 0 Å². The number of hydrogen-bond donors (Lipinski definition) is 1. The van der Waals surface area contributed by atoms with E-state index in [0.29, 0.717) is 0 Å². The zero-order valence-electron chi connectivity index (χ0n) is 16.0. The van der Waals surface area contributed by atoms with Crippen molar-refractivity contribution in [2.45, 2.75) is 71.1 Å². The largest absolute Gasteiger partial charge is 0.351 e. The summed E-state index contributed by atoms with van der Waals surface area (Å²) >= 11 is 1.74. The molecule has 2 aliphatic rings. The zero-order valence-corrected chi connectivity index (χ0v) is 16.8. The van der Waals surface area contributed by atoms with Crippen molar-refractivity contribution < 1.29 is 4.79 Å². The van der Waals surface area contributed by atoms with Gasteiger partial charge in [0.15, 0.2) is 0 Å². The lowest BCUT2D eigenvalue weighted by molar-refractivity contribution is 0.0916. The van der Waals surface area contributed by atoms with Crippen LogP contribution in [0.2, 0.25) is 0 Å². The normalized spacial score (nSPS) is 19.6. The summed E-state index contributed by atoms with van der Waals surface area (Å²) in [5, 5.41) is 3.30. The Morgan fingerprint density at radius 1 is 1.20 bits per heavy atom. The lowest BCUT2D eigenvalue weighted by Crippen LogP contribution is -2.43. The van der Waals surface area contributed by atoms with Crippen LogP contribution in [0.5, 0.6) is 0 Å². The van der Waals surface area contributed by atoms with E-state index in [9.17, 15) is 4.79 Å². The molecule has 4 heteroatoms. The van der Waals surface area contributed by atoms with Crippen LogP contribution in [-0.2, 0) is 12.8 Å². The van der Waals surface area contributed by atoms with E-state index in [2.05, 4.69) is 30.3 Å². The average Bonchev–Trinajstić information content (AvgIpc) is 3.15. The highest BCUT2D eigenvalue weighted by atomic mass is 32.1. The molecule has 2 aliphatic carbocycles. The Morgan fingerprint density at radius 3 is 2.72 bits per heavy atom. The Kier molecular flexibility index (Phi) is 6.56. The number of fused-ring (bicyclic) bond motifs is 1. The summed E-state index contributed by atoms with van der Waals surface area (Å²) < 4.78 is 0. The first kappa shape index (κ1) is 18.9. The molecule has 3 rings (SSSR count). The van der Waals surface area contributed by atoms with Crippen LogP contribution < -0.4 is 5.32 Å². The van der Waals surface area contributed by atoms with Gasteiger partial charge >= 0.3 is 0 Å². The number of hydrogen-bond acceptors (Lipinski definition) is 3. The molecule has 0 aliphatic heterocycles. The standard InChI is InChI=1S/C21H34N2OS/c1-3-13-23(2)16-21(11-7-8-12-21)15-22-20(24)19-14-17-9-5-4-6-10-18(17)25-19/h14H,3-13,15-16H2,1-2H3,(H,22,24). The van der Waals surface area contributed by atoms with Gasteiger partial charge in [-0.3, -0.25) is 4.79 Å². The number of nitrogens with one attached hydrogen (secondary N) is 1. The Labute approximate surface area is 157 Å². The minimum Gasteiger partial charge on any atom is -0.351 e. The van der Waals surface area contributed by atoms with Crippen LogP contribution in [0.25, 0.3) is 0 Å². The molecule has 1 N–H and O–H groups in total. The maximum atomic E-state index is 12.7. The van der Waals surface area contributed by atoms with Gasteiger partial charge in [0, 0.05) is 23.4 Å². The van der Waals surface area contributed by atoms with Crippen LogP contribution in [0.4, 0.5) is 0 Å². The molecule has 1 amide bonds. The van der Waals surface area contributed by atoms with Crippen molar-refractivity contribution in [1.82, 2.24) is 10.2 Å². The molecule has 1 aromatic rings. The SMILES string of the molecule is CCCN(C)CC1(CNC(=O)c2cc3c(s2)CCCCC3)CCCC1. The van der Waals surface area contributed by atoms with Gasteiger partial charge in [-0.25, -0.2) is 0 Å². The zero-order chi connectivity index (χ0) is 17.7. The van der Waals surface area contributed by atoms with Crippen LogP contribution in [0.15, 0.2) is 6.07 Å². The molecule has 1 heterocycles. The third-order valence-corrected chi connectivity index (χ3v) is 7.21. The van der Waals surface area contributed by atoms with E-state index in [4.69, 9.17) is 0 Å². The summed E-state index contributed by atoms with van der Waals surface area (Å²) in [5.74, 6) is 0.155. The first-order valence-corrected chi connectivity index (χ1v) is 11.0. The molecule has 0 radical (unpaired) electrons. The summed E-state index contributed by atoms with van der Waals surface area (Å²) in [4.78, 5) is 17.6. The van der Waals surface area contributed by atoms with E-state index in [1.54, 1.807) is 11.3 Å². The van der Waals surface area contributed by atoms with Gasteiger partial charge in [0.25, 0.3) is 5.91 Å². The van der Waals surface area contributed by atoms with Crippen molar-refractivity contribution in [2.24, 2.45) is 5.41 Å². The van der Waals surface area contributed by atoms with Crippen LogP contribution in [0, 0.1) is 5.41 Å². The second-order valence-corrected chi connectivity index (χ2v) is 9.38. The number of carbonyl (C=O) groups is 1. The Hall–Kier alpha value is -0.870. The summed E-state index contributed by atoms with van der Waals surface area (Å²) in [6.45, 7) is 5.33. The molecule has 1 aromatic heterocycles. The van der Waals surface area contributed by atoms with Crippen LogP contribution in [0.1, 0.15) is 78.4 Å². The fourth-order valence-corrected chi connectivity index (χ4v) is 5.85. The summed E-state index contributed by atoms with van der Waals surface area (Å²) in [5.41, 5.74) is 1.72. The molecular weight excluding hydrogens is 328 g/mol. The van der Waals surface area contributed by atoms with E-state index < -0.39 is 0 Å². The monoisotopic (exact) mass is 362 g/mol. The third kappa shape index (κ3) is 4.85. The first-order valence-electron chi connectivity index (χ1n) is 10.2. The van der Waals surface area contributed by atoms with Gasteiger partial charge in [-0.1, -0.05) is 26.2 Å². The number of aryl methyl sites for hydroxylation is 2. The molecule has 140 valence electrons. The van der Waals surface area contributed by atoms with E-state index in [1.165, 1.54) is 68.2 Å². The highest BCUT2D eigenvalue weighted by Crippen LogP contribution is 2.38. The number of nitrogens with zero attached hydrogens (tertiary/aromatic N) is 1. The van der Waals surface area contributed by atoms with Crippen molar-refractivity contribution in [3.05, 3.63) is 21.4 Å². The molecule has 0 bridgehead atoms. The van der Waals surface area contributed by atoms with Crippen molar-refractivity contribution in [3.8, 4) is 0 Å². The number of carbonyl (C=O) groups excluding carboxylic acids is 1. The topological polar surface area (TPSA) is 32.3 Å². The molecule has 0 atom stereocenters. The maximum absolute atomic E-state index is 12.7. The van der Waals surface area contributed by atoms with Gasteiger partial charge in [0.2, 0.25) is 0 Å². The fourth-order valence-electron chi connectivity index (χ4n) is 4.68. The van der Waals surface area contributed by atoms with Gasteiger partial charge in [-0.05, 0) is 70.2 Å². The molecule has 25 heavy (non-hydrogen) atoms. The van der Waals surface area contributed by atoms with Crippen LogP contribution >= 0.6 is 11.3 Å². The summed E-state index contributed by atoms with van der Waals surface area (Å²) in [7, 11) is 2.22. The number of thiophene rings is 1. The van der Waals surface area contributed by atoms with E-state index in [-0.39, 0.29) is 11.3 Å². The molecule has 0 unspecified atom stereocenters. The van der Waals surface area contributed by atoms with Crippen molar-refractivity contribution in [1.29, 1.82) is 0 Å². The van der Waals surface area contributed by atoms with Gasteiger partial charge in [0.05, 0.1) is 4.88 Å². The lowest BCUT2D eigenvalue weighted by atomic mass is 9.85. The first-order chi connectivity index (χ1) is 12.1. The summed E-state index contributed by atoms with van der Waals surface area (Å²) in [6, 6.07) is 2.17. The quantitative estimate of drug-likeness (QED) is 0.716. The minimum absolute atomic E-state index is 0.155. The van der Waals surface area contributed by atoms with E-state index >= 15 is 0 Å². The van der Waals surface area contributed by atoms with Gasteiger partial charge in [-0.2, -0.15) is 0 Å². The molecule has 1 saturated carbocycles. The Bertz CT molecular complexity index is 551. The van der Waals surface area contributed by atoms with Crippen molar-refractivity contribution in [2.75, 3.05) is 26.7 Å². The average molecular weight is 363 g/mol. The summed E-state index contributed by atoms with van der Waals surface area (Å²) in [6.07, 6.45) is 12.5. The minimum atomic E-state index is 0.155. The highest BCUT2D eigenvalue weighted by molar-refractivity contribution is 7.14. The van der Waals surface area contributed by atoms with Crippen LogP contribution in [0.3, 0.4) is 0 Å². The molecule has 3 nitrogen and oxygen atoms in total. The predicted octanol–water partition coefficient (Wildman–Crippen LogP) is 4.65. The highest BCUT2D eigenvalue weighted by Gasteiger charge is 2.35. The molecule has 0 spiro atoms. The van der Waals surface area contributed by atoms with E-state index in [0.717, 1.165) is 30.9 Å². The molecule has 1 fully saturated rings. The second kappa shape index (κ2) is 8.68. The Morgan fingerprint density at radius 2 is 1.96 bits per heavy atom. The van der Waals surface area contributed by atoms with Crippen molar-refractivity contribution >= 4 is 17.2 Å². The van der Waals surface area contributed by atoms with Gasteiger partial charge in [-0.15, -0.1) is 11.3 Å². The van der Waals surface area contributed by atoms with E-state index in [1.807, 2.05) is 0 Å². The van der Waals surface area contributed by atoms with Gasteiger partial charge < -0.3 is 10.2 Å². The molecular formula is C21H34N2OS. The molecule has 0 saturated heterocycles. The Balaban J connectivity index is 1.60. The fraction of sp³-hybridized carbons (Fsp3) is 0.762. The molecule has 0 aromatic carbocycles. The number of amides is 1. The maximum Gasteiger partial charge on any atom is 0.261 e. The predicted molar refractivity (Wildman–Crippen MR) is 107 cm³/mol. The van der Waals surface area contributed by atoms with Crippen molar-refractivity contribution in [3.63, 3.8) is 0 Å². The third-order valence-electron chi connectivity index (χ3n) is 5.97. The van der Waals surface area contributed by atoms with Crippen LogP contribution in [-0.4, -0.2) is 37.5 Å².